The number of carbonyl (C=O) groups excluding carboxylic acids is 1. The predicted molar refractivity (Wildman–Crippen MR) is 99.9 cm³/mol. The number of ether oxygens (including phenoxy) is 1. The molecule has 0 bridgehead atoms. The fraction of sp³-hybridized carbons (Fsp3) is 0.381. The van der Waals surface area contributed by atoms with Gasteiger partial charge in [-0.25, -0.2) is 4.39 Å². The first-order valence-corrected chi connectivity index (χ1v) is 9.01. The third-order valence-corrected chi connectivity index (χ3v) is 4.95. The van der Waals surface area contributed by atoms with Gasteiger partial charge in [0.2, 0.25) is 0 Å². The van der Waals surface area contributed by atoms with Crippen molar-refractivity contribution in [2.24, 2.45) is 11.7 Å². The number of carbonyl (C=O) groups is 1. The van der Waals surface area contributed by atoms with Crippen LogP contribution in [0, 0.1) is 11.7 Å². The lowest BCUT2D eigenvalue weighted by Crippen LogP contribution is -2.29. The standard InChI is InChI=1S/C21H25FN2O2/c1-26-18-5-2-15(3-6-18)12-17-9-11-24(14-17)21(25)19-13-16(8-10-23)4-7-20(19)22/h2-7,13,17H,8-12,14,23H2,1H3. The van der Waals surface area contributed by atoms with Crippen molar-refractivity contribution >= 4 is 5.91 Å². The molecule has 1 heterocycles. The van der Waals surface area contributed by atoms with Gasteiger partial charge in [-0.05, 0) is 67.1 Å². The van der Waals surface area contributed by atoms with Gasteiger partial charge in [0.25, 0.3) is 5.91 Å². The largest absolute Gasteiger partial charge is 0.497 e. The van der Waals surface area contributed by atoms with Crippen LogP contribution >= 0.6 is 0 Å². The number of hydrogen-bond acceptors (Lipinski definition) is 3. The lowest BCUT2D eigenvalue weighted by molar-refractivity contribution is 0.0782. The highest BCUT2D eigenvalue weighted by atomic mass is 19.1. The molecule has 0 aliphatic carbocycles. The lowest BCUT2D eigenvalue weighted by atomic mass is 9.99. The number of amides is 1. The van der Waals surface area contributed by atoms with Crippen molar-refractivity contribution in [3.05, 3.63) is 65.0 Å². The second kappa shape index (κ2) is 8.32. The Morgan fingerprint density at radius 2 is 1.96 bits per heavy atom. The molecule has 1 unspecified atom stereocenters. The number of rotatable bonds is 6. The summed E-state index contributed by atoms with van der Waals surface area (Å²) in [5.41, 5.74) is 7.83. The maximum absolute atomic E-state index is 14.1. The lowest BCUT2D eigenvalue weighted by Gasteiger charge is -2.18. The highest BCUT2D eigenvalue weighted by Crippen LogP contribution is 2.24. The summed E-state index contributed by atoms with van der Waals surface area (Å²) >= 11 is 0. The Labute approximate surface area is 153 Å². The van der Waals surface area contributed by atoms with Crippen molar-refractivity contribution in [3.63, 3.8) is 0 Å². The van der Waals surface area contributed by atoms with E-state index >= 15 is 0 Å². The van der Waals surface area contributed by atoms with E-state index in [1.54, 1.807) is 24.1 Å². The number of benzene rings is 2. The number of hydrogen-bond donors (Lipinski definition) is 1. The molecule has 1 saturated heterocycles. The van der Waals surface area contributed by atoms with Gasteiger partial charge in [-0.15, -0.1) is 0 Å². The van der Waals surface area contributed by atoms with Crippen LogP contribution in [-0.4, -0.2) is 37.6 Å². The highest BCUT2D eigenvalue weighted by Gasteiger charge is 2.28. The molecule has 2 N–H and O–H groups in total. The molecular formula is C21H25FN2O2. The van der Waals surface area contributed by atoms with E-state index in [1.807, 2.05) is 12.1 Å². The van der Waals surface area contributed by atoms with Gasteiger partial charge in [-0.3, -0.25) is 4.79 Å². The Bertz CT molecular complexity index is 761. The van der Waals surface area contributed by atoms with Gasteiger partial charge in [0.05, 0.1) is 12.7 Å². The molecule has 4 nitrogen and oxygen atoms in total. The second-order valence-electron chi connectivity index (χ2n) is 6.81. The summed E-state index contributed by atoms with van der Waals surface area (Å²) in [6.45, 7) is 1.80. The summed E-state index contributed by atoms with van der Waals surface area (Å²) in [5.74, 6) is 0.542. The molecule has 0 saturated carbocycles. The third kappa shape index (κ3) is 4.22. The smallest absolute Gasteiger partial charge is 0.256 e. The van der Waals surface area contributed by atoms with Gasteiger partial charge in [-0.2, -0.15) is 0 Å². The van der Waals surface area contributed by atoms with Crippen molar-refractivity contribution in [2.45, 2.75) is 19.3 Å². The highest BCUT2D eigenvalue weighted by molar-refractivity contribution is 5.94. The van der Waals surface area contributed by atoms with Crippen LogP contribution in [0.25, 0.3) is 0 Å². The number of halogens is 1. The van der Waals surface area contributed by atoms with Crippen LogP contribution in [0.3, 0.4) is 0 Å². The molecular weight excluding hydrogens is 331 g/mol. The number of methoxy groups -OCH3 is 1. The molecule has 138 valence electrons. The van der Waals surface area contributed by atoms with E-state index in [0.717, 1.165) is 24.2 Å². The predicted octanol–water partition coefficient (Wildman–Crippen LogP) is 3.04. The van der Waals surface area contributed by atoms with Crippen molar-refractivity contribution in [3.8, 4) is 5.75 Å². The van der Waals surface area contributed by atoms with Crippen molar-refractivity contribution in [1.29, 1.82) is 0 Å². The molecule has 1 atom stereocenters. The van der Waals surface area contributed by atoms with Crippen molar-refractivity contribution in [2.75, 3.05) is 26.7 Å². The number of nitrogens with zero attached hydrogens (tertiary/aromatic N) is 1. The summed E-state index contributed by atoms with van der Waals surface area (Å²) in [6.07, 6.45) is 2.48. The number of nitrogens with two attached hydrogens (primary N) is 1. The summed E-state index contributed by atoms with van der Waals surface area (Å²) in [5, 5.41) is 0. The van der Waals surface area contributed by atoms with Gasteiger partial charge in [0.1, 0.15) is 11.6 Å². The third-order valence-electron chi connectivity index (χ3n) is 4.95. The minimum absolute atomic E-state index is 0.154. The maximum atomic E-state index is 14.1. The Morgan fingerprint density at radius 1 is 1.23 bits per heavy atom. The topological polar surface area (TPSA) is 55.6 Å². The molecule has 1 aliphatic rings. The van der Waals surface area contributed by atoms with Gasteiger partial charge >= 0.3 is 0 Å². The van der Waals surface area contributed by atoms with Crippen molar-refractivity contribution < 1.29 is 13.9 Å². The minimum Gasteiger partial charge on any atom is -0.497 e. The van der Waals surface area contributed by atoms with Crippen LogP contribution in [0.15, 0.2) is 42.5 Å². The van der Waals surface area contributed by atoms with E-state index in [9.17, 15) is 9.18 Å². The molecule has 1 fully saturated rings. The van der Waals surface area contributed by atoms with E-state index in [0.29, 0.717) is 32.0 Å². The van der Waals surface area contributed by atoms with Crippen LogP contribution in [0.4, 0.5) is 4.39 Å². The van der Waals surface area contributed by atoms with Crippen LogP contribution < -0.4 is 10.5 Å². The second-order valence-corrected chi connectivity index (χ2v) is 6.81. The molecule has 26 heavy (non-hydrogen) atoms. The van der Waals surface area contributed by atoms with E-state index < -0.39 is 5.82 Å². The monoisotopic (exact) mass is 356 g/mol. The Morgan fingerprint density at radius 3 is 2.65 bits per heavy atom. The van der Waals surface area contributed by atoms with E-state index in [4.69, 9.17) is 10.5 Å². The maximum Gasteiger partial charge on any atom is 0.256 e. The van der Waals surface area contributed by atoms with Gasteiger partial charge in [-0.1, -0.05) is 18.2 Å². The molecule has 1 aliphatic heterocycles. The van der Waals surface area contributed by atoms with Gasteiger partial charge in [0.15, 0.2) is 0 Å². The first-order chi connectivity index (χ1) is 12.6. The fourth-order valence-corrected chi connectivity index (χ4v) is 3.51. The zero-order valence-electron chi connectivity index (χ0n) is 15.1. The number of likely N-dealkylation sites (tertiary alicyclic amines) is 1. The first-order valence-electron chi connectivity index (χ1n) is 9.01. The van der Waals surface area contributed by atoms with Crippen LogP contribution in [0.5, 0.6) is 5.75 Å². The normalized spacial score (nSPS) is 16.7. The SMILES string of the molecule is COc1ccc(CC2CCN(C(=O)c3cc(CCN)ccc3F)C2)cc1. The Hall–Kier alpha value is -2.40. The Kier molecular flexibility index (Phi) is 5.89. The van der Waals surface area contributed by atoms with E-state index in [-0.39, 0.29) is 11.5 Å². The molecule has 0 spiro atoms. The van der Waals surface area contributed by atoms with Gasteiger partial charge < -0.3 is 15.4 Å². The summed E-state index contributed by atoms with van der Waals surface area (Å²) in [6, 6.07) is 12.7. The van der Waals surface area contributed by atoms with Gasteiger partial charge in [0, 0.05) is 13.1 Å². The Balaban J connectivity index is 1.64. The van der Waals surface area contributed by atoms with E-state index in [1.165, 1.54) is 11.6 Å². The molecule has 0 radical (unpaired) electrons. The van der Waals surface area contributed by atoms with Crippen molar-refractivity contribution in [1.82, 2.24) is 4.90 Å². The molecule has 0 aromatic heterocycles. The van der Waals surface area contributed by atoms with E-state index in [2.05, 4.69) is 12.1 Å². The summed E-state index contributed by atoms with van der Waals surface area (Å²) in [4.78, 5) is 14.5. The average Bonchev–Trinajstić information content (AvgIpc) is 3.12. The quantitative estimate of drug-likeness (QED) is 0.866. The average molecular weight is 356 g/mol. The molecule has 3 rings (SSSR count). The van der Waals surface area contributed by atoms with Crippen LogP contribution in [0.2, 0.25) is 0 Å². The summed E-state index contributed by atoms with van der Waals surface area (Å²) in [7, 11) is 1.65. The molecule has 2 aromatic rings. The minimum atomic E-state index is -0.464. The van der Waals surface area contributed by atoms with Crippen LogP contribution in [0.1, 0.15) is 27.9 Å². The molecule has 5 heteroatoms. The zero-order chi connectivity index (χ0) is 18.5. The molecule has 1 amide bonds. The van der Waals surface area contributed by atoms with Crippen LogP contribution in [-0.2, 0) is 12.8 Å². The fourth-order valence-electron chi connectivity index (χ4n) is 3.51. The molecule has 2 aromatic carbocycles. The summed E-state index contributed by atoms with van der Waals surface area (Å²) < 4.78 is 19.3. The first kappa shape index (κ1) is 18.4. The zero-order valence-corrected chi connectivity index (χ0v) is 15.1.